The second kappa shape index (κ2) is 6.83. The van der Waals surface area contributed by atoms with Crippen LogP contribution in [0.3, 0.4) is 0 Å². The van der Waals surface area contributed by atoms with E-state index in [0.717, 1.165) is 12.1 Å². The van der Waals surface area contributed by atoms with Crippen molar-refractivity contribution in [2.24, 2.45) is 7.05 Å². The van der Waals surface area contributed by atoms with Crippen LogP contribution >= 0.6 is 0 Å². The molecule has 1 aromatic heterocycles. The van der Waals surface area contributed by atoms with Crippen LogP contribution in [0, 0.1) is 11.6 Å². The first kappa shape index (κ1) is 18.8. The van der Waals surface area contributed by atoms with Crippen molar-refractivity contribution in [2.75, 3.05) is 18.5 Å². The summed E-state index contributed by atoms with van der Waals surface area (Å²) in [7, 11) is -2.40. The van der Waals surface area contributed by atoms with Crippen LogP contribution < -0.4 is 20.1 Å². The average molecular weight is 412 g/mol. The van der Waals surface area contributed by atoms with Gasteiger partial charge in [-0.15, -0.1) is 0 Å². The number of hydrogen-bond donors (Lipinski definition) is 3. The molecule has 3 N–H and O–H groups in total. The van der Waals surface area contributed by atoms with Crippen LogP contribution in [0.4, 0.5) is 14.5 Å². The standard InChI is InChI=1S/C17H18F2N4O4S/c1-23-7-14-16(27-8-13-12(4-5-20-13)22-28(14,25)26)15(23)17(24)21-9-2-3-10(18)11(19)6-9/h2-3,6-7,12-13,20,22H,4-5,8H2,1H3,(H,21,24). The molecule has 1 saturated heterocycles. The van der Waals surface area contributed by atoms with Crippen LogP contribution in [-0.4, -0.2) is 44.1 Å². The van der Waals surface area contributed by atoms with E-state index in [1.807, 2.05) is 0 Å². The van der Waals surface area contributed by atoms with Crippen molar-refractivity contribution in [3.63, 3.8) is 0 Å². The van der Waals surface area contributed by atoms with Gasteiger partial charge in [-0.2, -0.15) is 0 Å². The molecule has 11 heteroatoms. The summed E-state index contributed by atoms with van der Waals surface area (Å²) in [5, 5.41) is 5.60. The average Bonchev–Trinajstić information content (AvgIpc) is 3.18. The van der Waals surface area contributed by atoms with E-state index < -0.39 is 27.6 Å². The van der Waals surface area contributed by atoms with E-state index >= 15 is 0 Å². The van der Waals surface area contributed by atoms with Gasteiger partial charge in [0, 0.05) is 31.0 Å². The summed E-state index contributed by atoms with van der Waals surface area (Å²) in [4.78, 5) is 12.6. The molecule has 2 unspecified atom stereocenters. The number of fused-ring (bicyclic) bond motifs is 2. The van der Waals surface area contributed by atoms with E-state index in [0.29, 0.717) is 13.0 Å². The molecule has 2 atom stereocenters. The molecule has 4 rings (SSSR count). The lowest BCUT2D eigenvalue weighted by molar-refractivity contribution is 0.101. The van der Waals surface area contributed by atoms with Gasteiger partial charge in [0.2, 0.25) is 10.0 Å². The first-order valence-electron chi connectivity index (χ1n) is 8.60. The Balaban J connectivity index is 1.70. The van der Waals surface area contributed by atoms with Crippen LogP contribution in [0.25, 0.3) is 0 Å². The van der Waals surface area contributed by atoms with Crippen LogP contribution in [-0.2, 0) is 17.1 Å². The molecular formula is C17H18F2N4O4S. The van der Waals surface area contributed by atoms with Gasteiger partial charge in [0.1, 0.15) is 11.5 Å². The zero-order valence-corrected chi connectivity index (χ0v) is 15.6. The normalized spacial score (nSPS) is 23.1. The fraction of sp³-hybridized carbons (Fsp3) is 0.353. The Labute approximate surface area is 159 Å². The molecule has 2 aliphatic heterocycles. The maximum atomic E-state index is 13.4. The van der Waals surface area contributed by atoms with Crippen LogP contribution in [0.5, 0.6) is 5.75 Å². The van der Waals surface area contributed by atoms with E-state index in [-0.39, 0.29) is 40.7 Å². The second-order valence-electron chi connectivity index (χ2n) is 6.75. The number of aryl methyl sites for hydroxylation is 1. The SMILES string of the molecule is Cn1cc2c(c1C(=O)Nc1ccc(F)c(F)c1)OCC1NCCC1NS2(=O)=O. The van der Waals surface area contributed by atoms with E-state index in [1.165, 1.54) is 23.9 Å². The Kier molecular flexibility index (Phi) is 4.60. The first-order valence-corrected chi connectivity index (χ1v) is 10.1. The summed E-state index contributed by atoms with van der Waals surface area (Å²) in [6.07, 6.45) is 1.93. The van der Waals surface area contributed by atoms with E-state index in [1.54, 1.807) is 0 Å². The summed E-state index contributed by atoms with van der Waals surface area (Å²) in [6.45, 7) is 0.832. The molecule has 3 heterocycles. The molecule has 2 aromatic rings. The number of benzene rings is 1. The highest BCUT2D eigenvalue weighted by Crippen LogP contribution is 2.33. The summed E-state index contributed by atoms with van der Waals surface area (Å²) in [5.41, 5.74) is -0.00949. The number of anilines is 1. The van der Waals surface area contributed by atoms with Gasteiger partial charge in [-0.05, 0) is 25.1 Å². The minimum absolute atomic E-state index is 0.0307. The van der Waals surface area contributed by atoms with Crippen molar-refractivity contribution in [1.82, 2.24) is 14.6 Å². The number of hydrogen-bond acceptors (Lipinski definition) is 5. The molecule has 1 amide bonds. The largest absolute Gasteiger partial charge is 0.488 e. The van der Waals surface area contributed by atoms with E-state index in [2.05, 4.69) is 15.4 Å². The minimum atomic E-state index is -3.90. The highest BCUT2D eigenvalue weighted by Gasteiger charge is 2.38. The third kappa shape index (κ3) is 3.25. The van der Waals surface area contributed by atoms with E-state index in [9.17, 15) is 22.0 Å². The maximum absolute atomic E-state index is 13.4. The Morgan fingerprint density at radius 1 is 1.29 bits per heavy atom. The maximum Gasteiger partial charge on any atom is 0.276 e. The van der Waals surface area contributed by atoms with Crippen molar-refractivity contribution in [3.05, 3.63) is 41.7 Å². The predicted molar refractivity (Wildman–Crippen MR) is 95.7 cm³/mol. The zero-order chi connectivity index (χ0) is 20.1. The molecule has 28 heavy (non-hydrogen) atoms. The molecule has 2 aliphatic rings. The number of nitrogens with zero attached hydrogens (tertiary/aromatic N) is 1. The smallest absolute Gasteiger partial charge is 0.276 e. The Morgan fingerprint density at radius 3 is 2.82 bits per heavy atom. The van der Waals surface area contributed by atoms with Crippen molar-refractivity contribution in [3.8, 4) is 5.75 Å². The zero-order valence-electron chi connectivity index (χ0n) is 14.8. The lowest BCUT2D eigenvalue weighted by Crippen LogP contribution is -2.47. The number of sulfonamides is 1. The van der Waals surface area contributed by atoms with Gasteiger partial charge in [0.25, 0.3) is 5.91 Å². The summed E-state index contributed by atoms with van der Waals surface area (Å²) >= 11 is 0. The van der Waals surface area contributed by atoms with Crippen LogP contribution in [0.15, 0.2) is 29.3 Å². The number of amides is 1. The van der Waals surface area contributed by atoms with Crippen LogP contribution in [0.2, 0.25) is 0 Å². The predicted octanol–water partition coefficient (Wildman–Crippen LogP) is 0.957. The van der Waals surface area contributed by atoms with Gasteiger partial charge in [-0.25, -0.2) is 21.9 Å². The molecule has 0 spiro atoms. The third-order valence-electron chi connectivity index (χ3n) is 4.85. The molecule has 0 aliphatic carbocycles. The van der Waals surface area contributed by atoms with Crippen LogP contribution in [0.1, 0.15) is 16.9 Å². The number of aromatic nitrogens is 1. The lowest BCUT2D eigenvalue weighted by Gasteiger charge is -2.24. The van der Waals surface area contributed by atoms with Gasteiger partial charge in [0.05, 0.1) is 6.04 Å². The summed E-state index contributed by atoms with van der Waals surface area (Å²) < 4.78 is 61.7. The molecule has 8 nitrogen and oxygen atoms in total. The van der Waals surface area contributed by atoms with Gasteiger partial charge in [-0.3, -0.25) is 4.79 Å². The van der Waals surface area contributed by atoms with E-state index in [4.69, 9.17) is 4.74 Å². The van der Waals surface area contributed by atoms with Gasteiger partial charge in [-0.1, -0.05) is 0 Å². The van der Waals surface area contributed by atoms with Gasteiger partial charge >= 0.3 is 0 Å². The van der Waals surface area contributed by atoms with Crippen molar-refractivity contribution in [2.45, 2.75) is 23.4 Å². The number of halogens is 2. The molecule has 0 bridgehead atoms. The highest BCUT2D eigenvalue weighted by atomic mass is 32.2. The van der Waals surface area contributed by atoms with Gasteiger partial charge in [0.15, 0.2) is 23.1 Å². The first-order chi connectivity index (χ1) is 13.3. The van der Waals surface area contributed by atoms with Gasteiger partial charge < -0.3 is 19.9 Å². The number of nitrogens with one attached hydrogen (secondary N) is 3. The molecular weight excluding hydrogens is 394 g/mol. The second-order valence-corrected chi connectivity index (χ2v) is 8.44. The number of ether oxygens (including phenoxy) is 1. The Bertz CT molecular complexity index is 1050. The molecule has 0 saturated carbocycles. The Morgan fingerprint density at radius 2 is 2.07 bits per heavy atom. The molecule has 1 fully saturated rings. The summed E-state index contributed by atoms with van der Waals surface area (Å²) in [5.74, 6) is -2.94. The number of rotatable bonds is 2. The number of carbonyl (C=O) groups is 1. The van der Waals surface area contributed by atoms with Crippen molar-refractivity contribution in [1.29, 1.82) is 0 Å². The quantitative estimate of drug-likeness (QED) is 0.682. The topological polar surface area (TPSA) is 101 Å². The molecule has 0 radical (unpaired) electrons. The number of carbonyl (C=O) groups excluding carboxylic acids is 1. The fourth-order valence-corrected chi connectivity index (χ4v) is 4.96. The fourth-order valence-electron chi connectivity index (χ4n) is 3.45. The highest BCUT2D eigenvalue weighted by molar-refractivity contribution is 7.89. The summed E-state index contributed by atoms with van der Waals surface area (Å²) in [6, 6.07) is 2.42. The Hall–Kier alpha value is -2.50. The minimum Gasteiger partial charge on any atom is -0.488 e. The van der Waals surface area contributed by atoms with Crippen molar-refractivity contribution >= 4 is 21.6 Å². The third-order valence-corrected chi connectivity index (χ3v) is 6.33. The molecule has 150 valence electrons. The lowest BCUT2D eigenvalue weighted by atomic mass is 10.1. The monoisotopic (exact) mass is 412 g/mol. The molecule has 1 aromatic carbocycles. The van der Waals surface area contributed by atoms with Crippen molar-refractivity contribution < 1.29 is 26.7 Å².